The summed E-state index contributed by atoms with van der Waals surface area (Å²) < 4.78 is 5.53. The van der Waals surface area contributed by atoms with Gasteiger partial charge in [-0.3, -0.25) is 0 Å². The highest BCUT2D eigenvalue weighted by atomic mass is 35.5. The van der Waals surface area contributed by atoms with Gasteiger partial charge in [-0.2, -0.15) is 0 Å². The van der Waals surface area contributed by atoms with Gasteiger partial charge in [0.15, 0.2) is 0 Å². The second kappa shape index (κ2) is 5.16. The lowest BCUT2D eigenvalue weighted by atomic mass is 9.91. The Morgan fingerprint density at radius 1 is 1.38 bits per heavy atom. The van der Waals surface area contributed by atoms with Crippen LogP contribution in [0.15, 0.2) is 18.3 Å². The predicted molar refractivity (Wildman–Crippen MR) is 81.4 cm³/mol. The number of hydrogen-bond donors (Lipinski definition) is 0. The van der Waals surface area contributed by atoms with Crippen LogP contribution in [-0.2, 0) is 4.74 Å². The summed E-state index contributed by atoms with van der Waals surface area (Å²) in [6.45, 7) is 6.49. The van der Waals surface area contributed by atoms with Crippen molar-refractivity contribution in [1.29, 1.82) is 0 Å². The fraction of sp³-hybridized carbons (Fsp3) is 0.625. The highest BCUT2D eigenvalue weighted by molar-refractivity contribution is 6.29. The highest BCUT2D eigenvalue weighted by Gasteiger charge is 2.50. The molecule has 1 aromatic heterocycles. The van der Waals surface area contributed by atoms with E-state index in [0.717, 1.165) is 19.4 Å². The van der Waals surface area contributed by atoms with Crippen LogP contribution >= 0.6 is 11.6 Å². The van der Waals surface area contributed by atoms with Gasteiger partial charge in [0.05, 0.1) is 0 Å². The van der Waals surface area contributed by atoms with Gasteiger partial charge in [-0.05, 0) is 51.2 Å². The van der Waals surface area contributed by atoms with Gasteiger partial charge in [-0.1, -0.05) is 17.7 Å². The third kappa shape index (κ3) is 2.86. The van der Waals surface area contributed by atoms with E-state index in [9.17, 15) is 4.79 Å². The first kappa shape index (κ1) is 14.6. The fourth-order valence-corrected chi connectivity index (χ4v) is 3.72. The summed E-state index contributed by atoms with van der Waals surface area (Å²) in [4.78, 5) is 18.4. The number of aromatic nitrogens is 1. The van der Waals surface area contributed by atoms with Gasteiger partial charge in [-0.25, -0.2) is 9.78 Å². The van der Waals surface area contributed by atoms with Crippen LogP contribution in [0.1, 0.15) is 45.1 Å². The van der Waals surface area contributed by atoms with Gasteiger partial charge in [0.2, 0.25) is 0 Å². The Morgan fingerprint density at radius 3 is 2.76 bits per heavy atom. The number of piperidine rings is 1. The largest absolute Gasteiger partial charge is 0.444 e. The Hall–Kier alpha value is -1.29. The first-order valence-corrected chi connectivity index (χ1v) is 7.84. The van der Waals surface area contributed by atoms with Crippen molar-refractivity contribution in [1.82, 2.24) is 9.88 Å². The van der Waals surface area contributed by atoms with Crippen LogP contribution in [0.3, 0.4) is 0 Å². The van der Waals surface area contributed by atoms with Gasteiger partial charge < -0.3 is 9.64 Å². The molecule has 1 aromatic rings. The minimum Gasteiger partial charge on any atom is -0.444 e. The number of rotatable bonds is 1. The Bertz CT molecular complexity index is 538. The van der Waals surface area contributed by atoms with Gasteiger partial charge in [0.1, 0.15) is 10.8 Å². The van der Waals surface area contributed by atoms with Gasteiger partial charge in [0.25, 0.3) is 0 Å². The minimum atomic E-state index is -0.448. The molecular formula is C16H21ClN2O2. The standard InChI is InChI=1S/C16H21ClN2O2/c1-16(2,3)21-15(20)19-9-11-4-6-12(19)14(11)10-5-7-13(17)18-8-10/h5,7-8,11-12,14H,4,6,9H2,1-3H3/t11-,12-,14-/m1/s1. The third-order valence-electron chi connectivity index (χ3n) is 4.35. The number of carbonyl (C=O) groups is 1. The van der Waals surface area contributed by atoms with Gasteiger partial charge >= 0.3 is 6.09 Å². The summed E-state index contributed by atoms with van der Waals surface area (Å²) in [5.74, 6) is 0.868. The molecule has 3 atom stereocenters. The van der Waals surface area contributed by atoms with E-state index in [1.807, 2.05) is 44.0 Å². The van der Waals surface area contributed by atoms with Crippen LogP contribution in [0.2, 0.25) is 5.15 Å². The van der Waals surface area contributed by atoms with Crippen LogP contribution in [0.4, 0.5) is 4.79 Å². The number of ether oxygens (including phenoxy) is 1. The molecule has 0 unspecified atom stereocenters. The van der Waals surface area contributed by atoms with Crippen molar-refractivity contribution in [3.8, 4) is 0 Å². The molecule has 21 heavy (non-hydrogen) atoms. The molecule has 2 fully saturated rings. The average molecular weight is 309 g/mol. The molecule has 0 N–H and O–H groups in total. The van der Waals surface area contributed by atoms with Crippen molar-refractivity contribution in [2.75, 3.05) is 6.54 Å². The molecule has 4 nitrogen and oxygen atoms in total. The molecular weight excluding hydrogens is 288 g/mol. The van der Waals surface area contributed by atoms with E-state index in [-0.39, 0.29) is 12.1 Å². The van der Waals surface area contributed by atoms with Gasteiger partial charge in [0, 0.05) is 24.7 Å². The lowest BCUT2D eigenvalue weighted by Gasteiger charge is -2.30. The van der Waals surface area contributed by atoms with E-state index < -0.39 is 5.60 Å². The zero-order chi connectivity index (χ0) is 15.2. The number of halogens is 1. The summed E-state index contributed by atoms with van der Waals surface area (Å²) in [6.07, 6.45) is 3.85. The van der Waals surface area contributed by atoms with Crippen molar-refractivity contribution in [3.63, 3.8) is 0 Å². The first-order chi connectivity index (χ1) is 9.85. The third-order valence-corrected chi connectivity index (χ3v) is 4.57. The van der Waals surface area contributed by atoms with Crippen LogP contribution in [-0.4, -0.2) is 34.2 Å². The Labute approximate surface area is 130 Å². The van der Waals surface area contributed by atoms with Crippen molar-refractivity contribution in [2.24, 2.45) is 5.92 Å². The van der Waals surface area contributed by atoms with Crippen molar-refractivity contribution in [3.05, 3.63) is 29.0 Å². The molecule has 1 amide bonds. The van der Waals surface area contributed by atoms with E-state index in [0.29, 0.717) is 17.0 Å². The second-order valence-corrected chi connectivity index (χ2v) is 7.36. The number of nitrogens with zero attached hydrogens (tertiary/aromatic N) is 2. The van der Waals surface area contributed by atoms with Crippen LogP contribution in [0.5, 0.6) is 0 Å². The maximum Gasteiger partial charge on any atom is 0.410 e. The highest BCUT2D eigenvalue weighted by Crippen LogP contribution is 2.48. The van der Waals surface area contributed by atoms with E-state index in [4.69, 9.17) is 16.3 Å². The average Bonchev–Trinajstić information content (AvgIpc) is 2.95. The van der Waals surface area contributed by atoms with E-state index in [1.165, 1.54) is 5.56 Å². The fourth-order valence-electron chi connectivity index (χ4n) is 3.61. The maximum absolute atomic E-state index is 12.3. The molecule has 114 valence electrons. The maximum atomic E-state index is 12.3. The van der Waals surface area contributed by atoms with E-state index in [2.05, 4.69) is 4.98 Å². The summed E-state index contributed by atoms with van der Waals surface area (Å²) in [6, 6.07) is 4.09. The van der Waals surface area contributed by atoms with Crippen molar-refractivity contribution >= 4 is 17.7 Å². The predicted octanol–water partition coefficient (Wildman–Crippen LogP) is 3.85. The zero-order valence-corrected chi connectivity index (χ0v) is 13.4. The molecule has 2 aliphatic rings. The zero-order valence-electron chi connectivity index (χ0n) is 12.7. The normalized spacial score (nSPS) is 28.0. The molecule has 1 aliphatic carbocycles. The van der Waals surface area contributed by atoms with E-state index >= 15 is 0 Å². The number of likely N-dealkylation sites (tertiary alicyclic amines) is 1. The molecule has 3 rings (SSSR count). The number of carbonyl (C=O) groups excluding carboxylic acids is 1. The summed E-state index contributed by atoms with van der Waals surface area (Å²) in [5, 5.41) is 0.507. The SMILES string of the molecule is CC(C)(C)OC(=O)N1C[C@H]2CC[C@@H]1[C@@H]2c1ccc(Cl)nc1. The molecule has 1 aliphatic heterocycles. The lowest BCUT2D eigenvalue weighted by Crippen LogP contribution is -2.41. The lowest BCUT2D eigenvalue weighted by molar-refractivity contribution is 0.0187. The molecule has 0 spiro atoms. The summed E-state index contributed by atoms with van der Waals surface area (Å²) >= 11 is 5.86. The minimum absolute atomic E-state index is 0.193. The topological polar surface area (TPSA) is 42.4 Å². The number of amides is 1. The molecule has 0 radical (unpaired) electrons. The molecule has 5 heteroatoms. The summed E-state index contributed by atoms with van der Waals surface area (Å²) in [7, 11) is 0. The Morgan fingerprint density at radius 2 is 2.14 bits per heavy atom. The van der Waals surface area contributed by atoms with Crippen LogP contribution < -0.4 is 0 Å². The molecule has 1 saturated carbocycles. The number of fused-ring (bicyclic) bond motifs is 2. The molecule has 0 aromatic carbocycles. The van der Waals surface area contributed by atoms with Crippen molar-refractivity contribution < 1.29 is 9.53 Å². The monoisotopic (exact) mass is 308 g/mol. The molecule has 2 heterocycles. The Balaban J connectivity index is 1.78. The first-order valence-electron chi connectivity index (χ1n) is 7.46. The molecule has 1 saturated heterocycles. The van der Waals surface area contributed by atoms with E-state index in [1.54, 1.807) is 0 Å². The molecule has 2 bridgehead atoms. The van der Waals surface area contributed by atoms with Gasteiger partial charge in [-0.15, -0.1) is 0 Å². The summed E-state index contributed by atoms with van der Waals surface area (Å²) in [5.41, 5.74) is 0.730. The Kier molecular flexibility index (Phi) is 3.60. The van der Waals surface area contributed by atoms with Crippen molar-refractivity contribution in [2.45, 2.75) is 51.2 Å². The van der Waals surface area contributed by atoms with Crippen LogP contribution in [0.25, 0.3) is 0 Å². The quantitative estimate of drug-likeness (QED) is 0.740. The smallest absolute Gasteiger partial charge is 0.410 e. The number of pyridine rings is 1. The second-order valence-electron chi connectivity index (χ2n) is 6.98. The number of hydrogen-bond acceptors (Lipinski definition) is 3. The van der Waals surface area contributed by atoms with Crippen LogP contribution in [0, 0.1) is 5.92 Å².